The lowest BCUT2D eigenvalue weighted by molar-refractivity contribution is -0.137. The number of nitrogens with zero attached hydrogens (tertiary/aromatic N) is 1. The Labute approximate surface area is 120 Å². The fourth-order valence-corrected chi connectivity index (χ4v) is 1.93. The minimum Gasteiger partial charge on any atom is -0.350 e. The average molecular weight is 297 g/mol. The number of methoxy groups -OCH3 is 2. The van der Waals surface area contributed by atoms with E-state index in [2.05, 4.69) is 4.98 Å². The van der Waals surface area contributed by atoms with Crippen molar-refractivity contribution in [2.45, 2.75) is 12.5 Å². The molecule has 21 heavy (non-hydrogen) atoms. The summed E-state index contributed by atoms with van der Waals surface area (Å²) in [7, 11) is 2.97. The van der Waals surface area contributed by atoms with Crippen molar-refractivity contribution in [1.82, 2.24) is 4.98 Å². The number of rotatable bonds is 4. The van der Waals surface area contributed by atoms with Gasteiger partial charge in [0.15, 0.2) is 0 Å². The van der Waals surface area contributed by atoms with Crippen LogP contribution in [0.1, 0.15) is 17.5 Å². The van der Waals surface area contributed by atoms with Crippen LogP contribution in [0.2, 0.25) is 0 Å². The Hall–Kier alpha value is -1.92. The number of aromatic nitrogens is 1. The van der Waals surface area contributed by atoms with Gasteiger partial charge in [-0.15, -0.1) is 0 Å². The summed E-state index contributed by atoms with van der Waals surface area (Å²) in [5.74, 6) is 0. The Morgan fingerprint density at radius 1 is 1.00 bits per heavy atom. The zero-order valence-corrected chi connectivity index (χ0v) is 11.5. The second-order valence-corrected chi connectivity index (χ2v) is 4.35. The first-order valence-corrected chi connectivity index (χ1v) is 6.15. The zero-order chi connectivity index (χ0) is 15.5. The molecule has 0 fully saturated rings. The van der Waals surface area contributed by atoms with E-state index in [0.717, 1.165) is 12.1 Å². The normalized spacial score (nSPS) is 11.9. The maximum atomic E-state index is 12.7. The van der Waals surface area contributed by atoms with Crippen LogP contribution in [0, 0.1) is 0 Å². The molecular formula is C15H14F3NO2. The number of hydrogen-bond donors (Lipinski definition) is 0. The highest BCUT2D eigenvalue weighted by atomic mass is 19.4. The summed E-state index contributed by atoms with van der Waals surface area (Å²) in [6.45, 7) is 0. The minimum absolute atomic E-state index is 0.454. The van der Waals surface area contributed by atoms with Gasteiger partial charge in [-0.05, 0) is 23.8 Å². The van der Waals surface area contributed by atoms with E-state index in [-0.39, 0.29) is 0 Å². The van der Waals surface area contributed by atoms with Crippen LogP contribution in [0.5, 0.6) is 0 Å². The molecule has 3 nitrogen and oxygen atoms in total. The monoisotopic (exact) mass is 297 g/mol. The largest absolute Gasteiger partial charge is 0.416 e. The Morgan fingerprint density at radius 2 is 1.71 bits per heavy atom. The SMILES string of the molecule is COC(OC)c1ccc(-c2cccc(C(F)(F)F)c2)cn1. The molecule has 0 saturated heterocycles. The Morgan fingerprint density at radius 3 is 2.24 bits per heavy atom. The van der Waals surface area contributed by atoms with Gasteiger partial charge < -0.3 is 9.47 Å². The van der Waals surface area contributed by atoms with Crippen molar-refractivity contribution in [3.63, 3.8) is 0 Å². The first-order valence-electron chi connectivity index (χ1n) is 6.15. The highest BCUT2D eigenvalue weighted by Crippen LogP contribution is 2.32. The molecule has 0 atom stereocenters. The first kappa shape index (κ1) is 15.5. The molecule has 1 heterocycles. The van der Waals surface area contributed by atoms with Gasteiger partial charge in [0.2, 0.25) is 6.29 Å². The molecule has 0 aliphatic heterocycles. The van der Waals surface area contributed by atoms with Crippen LogP contribution in [-0.2, 0) is 15.7 Å². The third kappa shape index (κ3) is 3.59. The Kier molecular flexibility index (Phi) is 4.59. The predicted molar refractivity (Wildman–Crippen MR) is 71.4 cm³/mol. The maximum Gasteiger partial charge on any atom is 0.416 e. The number of halogens is 3. The molecule has 0 radical (unpaired) electrons. The first-order chi connectivity index (χ1) is 9.95. The van der Waals surface area contributed by atoms with Gasteiger partial charge in [0.1, 0.15) is 0 Å². The van der Waals surface area contributed by atoms with E-state index >= 15 is 0 Å². The molecule has 1 aromatic heterocycles. The molecule has 0 aliphatic carbocycles. The van der Waals surface area contributed by atoms with E-state index in [1.54, 1.807) is 18.2 Å². The fraction of sp³-hybridized carbons (Fsp3) is 0.267. The molecule has 6 heteroatoms. The lowest BCUT2D eigenvalue weighted by atomic mass is 10.0. The Balaban J connectivity index is 2.31. The predicted octanol–water partition coefficient (Wildman–Crippen LogP) is 4.06. The van der Waals surface area contributed by atoms with Crippen molar-refractivity contribution in [1.29, 1.82) is 0 Å². The number of pyridine rings is 1. The van der Waals surface area contributed by atoms with Crippen molar-refractivity contribution in [3.05, 3.63) is 53.9 Å². The highest BCUT2D eigenvalue weighted by molar-refractivity contribution is 5.63. The van der Waals surface area contributed by atoms with Crippen molar-refractivity contribution in [3.8, 4) is 11.1 Å². The van der Waals surface area contributed by atoms with Gasteiger partial charge in [0.05, 0.1) is 11.3 Å². The molecule has 0 saturated carbocycles. The van der Waals surface area contributed by atoms with Crippen LogP contribution in [0.25, 0.3) is 11.1 Å². The van der Waals surface area contributed by atoms with Gasteiger partial charge >= 0.3 is 6.18 Å². The molecule has 2 rings (SSSR count). The van der Waals surface area contributed by atoms with Crippen LogP contribution in [0.15, 0.2) is 42.6 Å². The second-order valence-electron chi connectivity index (χ2n) is 4.35. The molecule has 0 bridgehead atoms. The third-order valence-electron chi connectivity index (χ3n) is 2.98. The van der Waals surface area contributed by atoms with E-state index in [4.69, 9.17) is 9.47 Å². The Bertz CT molecular complexity index is 593. The summed E-state index contributed by atoms with van der Waals surface area (Å²) in [6.07, 6.45) is -3.46. The van der Waals surface area contributed by atoms with E-state index in [1.807, 2.05) is 0 Å². The number of hydrogen-bond acceptors (Lipinski definition) is 3. The molecular weight excluding hydrogens is 283 g/mol. The minimum atomic E-state index is -4.36. The van der Waals surface area contributed by atoms with Gasteiger partial charge in [-0.3, -0.25) is 4.98 Å². The van der Waals surface area contributed by atoms with Crippen molar-refractivity contribution in [2.75, 3.05) is 14.2 Å². The van der Waals surface area contributed by atoms with E-state index in [1.165, 1.54) is 26.5 Å². The maximum absolute atomic E-state index is 12.7. The van der Waals surface area contributed by atoms with Crippen LogP contribution < -0.4 is 0 Å². The number of benzene rings is 1. The molecule has 112 valence electrons. The topological polar surface area (TPSA) is 31.4 Å². The lowest BCUT2D eigenvalue weighted by Gasteiger charge is -2.13. The summed E-state index contributed by atoms with van der Waals surface area (Å²) in [4.78, 5) is 4.16. The van der Waals surface area contributed by atoms with Gasteiger partial charge in [0, 0.05) is 26.0 Å². The third-order valence-corrected chi connectivity index (χ3v) is 2.98. The van der Waals surface area contributed by atoms with Gasteiger partial charge in [-0.25, -0.2) is 0 Å². The smallest absolute Gasteiger partial charge is 0.350 e. The second kappa shape index (κ2) is 6.24. The van der Waals surface area contributed by atoms with Crippen LogP contribution in [-0.4, -0.2) is 19.2 Å². The van der Waals surface area contributed by atoms with E-state index in [0.29, 0.717) is 16.8 Å². The fourth-order valence-electron chi connectivity index (χ4n) is 1.93. The molecule has 0 spiro atoms. The van der Waals surface area contributed by atoms with Gasteiger partial charge in [-0.1, -0.05) is 18.2 Å². The molecule has 0 N–H and O–H groups in total. The molecule has 0 unspecified atom stereocenters. The number of ether oxygens (including phenoxy) is 2. The van der Waals surface area contributed by atoms with Crippen molar-refractivity contribution >= 4 is 0 Å². The summed E-state index contributed by atoms with van der Waals surface area (Å²) in [5.41, 5.74) is 0.914. The van der Waals surface area contributed by atoms with Crippen LogP contribution in [0.3, 0.4) is 0 Å². The standard InChI is InChI=1S/C15H14F3NO2/c1-20-14(21-2)13-7-6-11(9-19-13)10-4-3-5-12(8-10)15(16,17)18/h3-9,14H,1-2H3. The highest BCUT2D eigenvalue weighted by Gasteiger charge is 2.30. The molecule has 1 aromatic carbocycles. The molecule has 0 amide bonds. The molecule has 2 aromatic rings. The van der Waals surface area contributed by atoms with Crippen molar-refractivity contribution < 1.29 is 22.6 Å². The lowest BCUT2D eigenvalue weighted by Crippen LogP contribution is -2.06. The summed E-state index contributed by atoms with van der Waals surface area (Å²) >= 11 is 0. The quantitative estimate of drug-likeness (QED) is 0.798. The van der Waals surface area contributed by atoms with Crippen molar-refractivity contribution in [2.24, 2.45) is 0 Å². The zero-order valence-electron chi connectivity index (χ0n) is 11.5. The van der Waals surface area contributed by atoms with E-state index < -0.39 is 18.0 Å². The summed E-state index contributed by atoms with van der Waals surface area (Å²) in [5, 5.41) is 0. The average Bonchev–Trinajstić information content (AvgIpc) is 2.48. The van der Waals surface area contributed by atoms with Gasteiger partial charge in [0.25, 0.3) is 0 Å². The number of alkyl halides is 3. The van der Waals surface area contributed by atoms with Crippen LogP contribution >= 0.6 is 0 Å². The summed E-state index contributed by atoms with van der Waals surface area (Å²) < 4.78 is 48.2. The van der Waals surface area contributed by atoms with Gasteiger partial charge in [-0.2, -0.15) is 13.2 Å². The van der Waals surface area contributed by atoms with Crippen LogP contribution in [0.4, 0.5) is 13.2 Å². The summed E-state index contributed by atoms with van der Waals surface area (Å²) in [6, 6.07) is 8.46. The molecule has 0 aliphatic rings. The van der Waals surface area contributed by atoms with E-state index in [9.17, 15) is 13.2 Å².